The van der Waals surface area contributed by atoms with Crippen molar-refractivity contribution in [3.05, 3.63) is 23.8 Å². The Bertz CT molecular complexity index is 480. The lowest BCUT2D eigenvalue weighted by Crippen LogP contribution is -2.21. The van der Waals surface area contributed by atoms with Gasteiger partial charge in [0.2, 0.25) is 0 Å². The van der Waals surface area contributed by atoms with E-state index in [2.05, 4.69) is 13.0 Å². The van der Waals surface area contributed by atoms with Crippen molar-refractivity contribution in [2.45, 2.75) is 58.0 Å². The third-order valence-electron chi connectivity index (χ3n) is 3.88. The number of ether oxygens (including phenoxy) is 2. The van der Waals surface area contributed by atoms with Gasteiger partial charge in [-0.2, -0.15) is 0 Å². The van der Waals surface area contributed by atoms with Crippen LogP contribution in [0.1, 0.15) is 51.0 Å². The Labute approximate surface area is 139 Å². The van der Waals surface area contributed by atoms with Crippen LogP contribution in [0, 0.1) is 5.41 Å². The fraction of sp³-hybridized carbons (Fsp3) is 0.588. The van der Waals surface area contributed by atoms with Crippen molar-refractivity contribution in [3.63, 3.8) is 0 Å². The molecule has 1 aliphatic rings. The van der Waals surface area contributed by atoms with E-state index >= 15 is 0 Å². The Morgan fingerprint density at radius 1 is 1.36 bits per heavy atom. The molecule has 4 nitrogen and oxygen atoms in total. The Morgan fingerprint density at radius 3 is 2.91 bits per heavy atom. The van der Waals surface area contributed by atoms with Crippen LogP contribution in [0.2, 0.25) is 0 Å². The molecular weight excluding hydrogens is 300 g/mol. The Morgan fingerprint density at radius 2 is 2.18 bits per heavy atom. The van der Waals surface area contributed by atoms with E-state index < -0.39 is 0 Å². The van der Waals surface area contributed by atoms with Crippen molar-refractivity contribution in [3.8, 4) is 11.5 Å². The number of benzene rings is 1. The van der Waals surface area contributed by atoms with Gasteiger partial charge in [-0.15, -0.1) is 12.4 Å². The van der Waals surface area contributed by atoms with Gasteiger partial charge in [-0.05, 0) is 62.3 Å². The largest absolute Gasteiger partial charge is 0.494 e. The minimum absolute atomic E-state index is 0. The van der Waals surface area contributed by atoms with Gasteiger partial charge >= 0.3 is 0 Å². The highest BCUT2D eigenvalue weighted by Gasteiger charge is 2.18. The summed E-state index contributed by atoms with van der Waals surface area (Å²) >= 11 is 0. The zero-order chi connectivity index (χ0) is 15.1. The molecule has 1 aromatic rings. The van der Waals surface area contributed by atoms with Crippen LogP contribution in [-0.2, 0) is 6.42 Å². The number of rotatable bonds is 8. The van der Waals surface area contributed by atoms with E-state index in [0.717, 1.165) is 56.6 Å². The van der Waals surface area contributed by atoms with E-state index in [4.69, 9.17) is 20.6 Å². The Kier molecular flexibility index (Phi) is 8.10. The zero-order valence-corrected chi connectivity index (χ0v) is 14.1. The minimum atomic E-state index is 0. The summed E-state index contributed by atoms with van der Waals surface area (Å²) in [4.78, 5) is 0. The molecule has 1 aromatic carbocycles. The van der Waals surface area contributed by atoms with Crippen molar-refractivity contribution >= 4 is 18.2 Å². The smallest absolute Gasteiger partial charge is 0.123 e. The molecule has 0 aliphatic carbocycles. The van der Waals surface area contributed by atoms with Gasteiger partial charge in [-0.25, -0.2) is 0 Å². The van der Waals surface area contributed by atoms with Crippen molar-refractivity contribution in [1.82, 2.24) is 0 Å². The summed E-state index contributed by atoms with van der Waals surface area (Å²) in [6, 6.07) is 6.13. The normalized spacial score (nSPS) is 16.1. The average Bonchev–Trinajstić information content (AvgIpc) is 2.49. The topological polar surface area (TPSA) is 68.3 Å². The molecule has 3 N–H and O–H groups in total. The standard InChI is InChI=1S/C17H26N2O2.ClH/c1-2-14-8-7-13-12-15(9-10-16(13)21-14)20-11-5-3-4-6-17(18)19;/h9-10,12,14H,2-8,11H2,1H3,(H3,18,19);1H. The van der Waals surface area contributed by atoms with E-state index in [1.54, 1.807) is 0 Å². The molecule has 2 rings (SSSR count). The molecule has 0 amide bonds. The summed E-state index contributed by atoms with van der Waals surface area (Å²) < 4.78 is 11.7. The summed E-state index contributed by atoms with van der Waals surface area (Å²) in [6.07, 6.45) is 7.30. The lowest BCUT2D eigenvalue weighted by molar-refractivity contribution is 0.169. The number of amidine groups is 1. The predicted octanol–water partition coefficient (Wildman–Crippen LogP) is 4.09. The van der Waals surface area contributed by atoms with Crippen molar-refractivity contribution in [2.75, 3.05) is 6.61 Å². The molecule has 22 heavy (non-hydrogen) atoms. The molecule has 0 aromatic heterocycles. The lowest BCUT2D eigenvalue weighted by Gasteiger charge is -2.25. The third-order valence-corrected chi connectivity index (χ3v) is 3.88. The fourth-order valence-corrected chi connectivity index (χ4v) is 2.58. The van der Waals surface area contributed by atoms with Crippen LogP contribution >= 0.6 is 12.4 Å². The summed E-state index contributed by atoms with van der Waals surface area (Å²) in [5.74, 6) is 2.22. The number of hydrogen-bond donors (Lipinski definition) is 2. The predicted molar refractivity (Wildman–Crippen MR) is 92.6 cm³/mol. The number of nitrogens with two attached hydrogens (primary N) is 1. The summed E-state index contributed by atoms with van der Waals surface area (Å²) in [5, 5.41) is 7.16. The summed E-state index contributed by atoms with van der Waals surface area (Å²) in [7, 11) is 0. The minimum Gasteiger partial charge on any atom is -0.494 e. The zero-order valence-electron chi connectivity index (χ0n) is 13.3. The highest BCUT2D eigenvalue weighted by Crippen LogP contribution is 2.31. The van der Waals surface area contributed by atoms with Gasteiger partial charge in [-0.1, -0.05) is 6.92 Å². The molecule has 0 bridgehead atoms. The molecule has 5 heteroatoms. The van der Waals surface area contributed by atoms with Crippen LogP contribution in [0.15, 0.2) is 18.2 Å². The highest BCUT2D eigenvalue weighted by molar-refractivity contribution is 5.85. The number of nitrogens with one attached hydrogen (secondary N) is 1. The second-order valence-electron chi connectivity index (χ2n) is 5.64. The van der Waals surface area contributed by atoms with E-state index in [9.17, 15) is 0 Å². The maximum Gasteiger partial charge on any atom is 0.123 e. The van der Waals surface area contributed by atoms with Gasteiger partial charge < -0.3 is 15.2 Å². The molecule has 1 aliphatic heterocycles. The molecule has 0 saturated heterocycles. The Hall–Kier alpha value is -1.42. The number of halogens is 1. The molecular formula is C17H27ClN2O2. The third kappa shape index (κ3) is 5.76. The molecule has 0 radical (unpaired) electrons. The molecule has 0 fully saturated rings. The molecule has 0 saturated carbocycles. The van der Waals surface area contributed by atoms with Crippen LogP contribution in [0.3, 0.4) is 0 Å². The molecule has 1 atom stereocenters. The second-order valence-corrected chi connectivity index (χ2v) is 5.64. The quantitative estimate of drug-likeness (QED) is 0.429. The molecule has 1 heterocycles. The van der Waals surface area contributed by atoms with Crippen LogP contribution in [-0.4, -0.2) is 18.5 Å². The first-order valence-electron chi connectivity index (χ1n) is 7.94. The first-order chi connectivity index (χ1) is 10.2. The van der Waals surface area contributed by atoms with E-state index in [-0.39, 0.29) is 18.2 Å². The van der Waals surface area contributed by atoms with Crippen LogP contribution in [0.5, 0.6) is 11.5 Å². The highest BCUT2D eigenvalue weighted by atomic mass is 35.5. The van der Waals surface area contributed by atoms with Crippen LogP contribution in [0.4, 0.5) is 0 Å². The summed E-state index contributed by atoms with van der Waals surface area (Å²) in [6.45, 7) is 2.88. The van der Waals surface area contributed by atoms with Gasteiger partial charge in [0.1, 0.15) is 11.5 Å². The van der Waals surface area contributed by atoms with E-state index in [1.807, 2.05) is 12.1 Å². The molecule has 1 unspecified atom stereocenters. The van der Waals surface area contributed by atoms with Crippen molar-refractivity contribution in [1.29, 1.82) is 5.41 Å². The maximum absolute atomic E-state index is 7.16. The van der Waals surface area contributed by atoms with Gasteiger partial charge in [0.15, 0.2) is 0 Å². The van der Waals surface area contributed by atoms with Gasteiger partial charge in [0, 0.05) is 6.42 Å². The first kappa shape index (κ1) is 18.6. The molecule has 124 valence electrons. The monoisotopic (exact) mass is 326 g/mol. The van der Waals surface area contributed by atoms with Crippen LogP contribution in [0.25, 0.3) is 0 Å². The van der Waals surface area contributed by atoms with E-state index in [0.29, 0.717) is 12.5 Å². The Balaban J connectivity index is 0.00000242. The van der Waals surface area contributed by atoms with Gasteiger partial charge in [0.25, 0.3) is 0 Å². The van der Waals surface area contributed by atoms with E-state index in [1.165, 1.54) is 5.56 Å². The number of unbranched alkanes of at least 4 members (excludes halogenated alkanes) is 2. The first-order valence-corrected chi connectivity index (χ1v) is 7.94. The maximum atomic E-state index is 7.16. The SMILES string of the molecule is CCC1CCc2cc(OCCCCCC(=N)N)ccc2O1.Cl. The lowest BCUT2D eigenvalue weighted by atomic mass is 10.0. The number of aryl methyl sites for hydroxylation is 1. The average molecular weight is 327 g/mol. The van der Waals surface area contributed by atoms with Gasteiger partial charge in [0.05, 0.1) is 18.5 Å². The van der Waals surface area contributed by atoms with Gasteiger partial charge in [-0.3, -0.25) is 5.41 Å². The van der Waals surface area contributed by atoms with Crippen LogP contribution < -0.4 is 15.2 Å². The number of hydrogen-bond acceptors (Lipinski definition) is 3. The number of fused-ring (bicyclic) bond motifs is 1. The fourth-order valence-electron chi connectivity index (χ4n) is 2.58. The van der Waals surface area contributed by atoms with Crippen molar-refractivity contribution in [2.24, 2.45) is 5.73 Å². The summed E-state index contributed by atoms with van der Waals surface area (Å²) in [5.41, 5.74) is 6.58. The second kappa shape index (κ2) is 9.57. The van der Waals surface area contributed by atoms with Crippen molar-refractivity contribution < 1.29 is 9.47 Å². The molecule has 0 spiro atoms.